The first-order valence-corrected chi connectivity index (χ1v) is 10.9. The Kier molecular flexibility index (Phi) is 4.85. The molecule has 6 heteroatoms. The van der Waals surface area contributed by atoms with E-state index in [1.807, 2.05) is 72.1 Å². The van der Waals surface area contributed by atoms with Crippen LogP contribution in [-0.4, -0.2) is 24.9 Å². The summed E-state index contributed by atoms with van der Waals surface area (Å²) >= 11 is 1.45. The van der Waals surface area contributed by atoms with E-state index in [1.54, 1.807) is 0 Å². The van der Waals surface area contributed by atoms with Crippen molar-refractivity contribution in [2.24, 2.45) is 0 Å². The SMILES string of the molecule is O=C1C(Nc2ccccc2)=C(c2cccs2)C(=O)N1c1ccc(N2CCCC2)cc1. The van der Waals surface area contributed by atoms with E-state index in [4.69, 9.17) is 0 Å². The highest BCUT2D eigenvalue weighted by Gasteiger charge is 2.40. The lowest BCUT2D eigenvalue weighted by Crippen LogP contribution is -2.32. The molecule has 3 heterocycles. The van der Waals surface area contributed by atoms with Crippen LogP contribution in [0.15, 0.2) is 77.8 Å². The molecular weight excluding hydrogens is 394 g/mol. The number of rotatable bonds is 5. The number of imide groups is 1. The predicted molar refractivity (Wildman–Crippen MR) is 122 cm³/mol. The van der Waals surface area contributed by atoms with Gasteiger partial charge in [-0.25, -0.2) is 4.90 Å². The Balaban J connectivity index is 1.49. The molecule has 2 amide bonds. The second-order valence-electron chi connectivity index (χ2n) is 7.37. The zero-order valence-electron chi connectivity index (χ0n) is 16.4. The molecule has 0 atom stereocenters. The van der Waals surface area contributed by atoms with Gasteiger partial charge < -0.3 is 10.2 Å². The van der Waals surface area contributed by atoms with Gasteiger partial charge in [0, 0.05) is 29.3 Å². The van der Waals surface area contributed by atoms with Crippen LogP contribution in [0.25, 0.3) is 5.57 Å². The summed E-state index contributed by atoms with van der Waals surface area (Å²) in [6.45, 7) is 2.10. The van der Waals surface area contributed by atoms with Gasteiger partial charge in [-0.3, -0.25) is 9.59 Å². The minimum atomic E-state index is -0.332. The van der Waals surface area contributed by atoms with E-state index >= 15 is 0 Å². The number of thiophene rings is 1. The highest BCUT2D eigenvalue weighted by molar-refractivity contribution is 7.11. The number of nitrogens with one attached hydrogen (secondary N) is 1. The predicted octanol–water partition coefficient (Wildman–Crippen LogP) is 4.74. The number of amides is 2. The van der Waals surface area contributed by atoms with Crippen LogP contribution >= 0.6 is 11.3 Å². The molecule has 2 aliphatic rings. The summed E-state index contributed by atoms with van der Waals surface area (Å²) in [6.07, 6.45) is 2.40. The van der Waals surface area contributed by atoms with Gasteiger partial charge in [0.2, 0.25) is 0 Å². The molecule has 150 valence electrons. The first-order chi connectivity index (χ1) is 14.7. The molecule has 30 heavy (non-hydrogen) atoms. The molecule has 0 spiro atoms. The maximum Gasteiger partial charge on any atom is 0.282 e. The Hall–Kier alpha value is -3.38. The zero-order chi connectivity index (χ0) is 20.5. The summed E-state index contributed by atoms with van der Waals surface area (Å²) in [7, 11) is 0. The molecule has 0 bridgehead atoms. The fraction of sp³-hybridized carbons (Fsp3) is 0.167. The summed E-state index contributed by atoms with van der Waals surface area (Å²) in [5.74, 6) is -0.629. The van der Waals surface area contributed by atoms with E-state index in [0.29, 0.717) is 17.0 Å². The molecule has 2 aromatic carbocycles. The summed E-state index contributed by atoms with van der Waals surface area (Å²) in [5, 5.41) is 5.09. The van der Waals surface area contributed by atoms with Crippen molar-refractivity contribution in [2.45, 2.75) is 12.8 Å². The first-order valence-electron chi connectivity index (χ1n) is 10.1. The van der Waals surface area contributed by atoms with Crippen molar-refractivity contribution in [1.82, 2.24) is 0 Å². The number of hydrogen-bond donors (Lipinski definition) is 1. The van der Waals surface area contributed by atoms with Gasteiger partial charge in [0.15, 0.2) is 0 Å². The number of nitrogens with zero attached hydrogens (tertiary/aromatic N) is 2. The van der Waals surface area contributed by atoms with Crippen LogP contribution in [0.4, 0.5) is 17.1 Å². The van der Waals surface area contributed by atoms with Gasteiger partial charge in [0.1, 0.15) is 5.70 Å². The third-order valence-corrected chi connectivity index (χ3v) is 6.36. The summed E-state index contributed by atoms with van der Waals surface area (Å²) in [4.78, 5) is 31.1. The average Bonchev–Trinajstić information content (AvgIpc) is 3.52. The largest absolute Gasteiger partial charge is 0.372 e. The number of carbonyl (C=O) groups is 2. The number of carbonyl (C=O) groups excluding carboxylic acids is 2. The molecule has 5 nitrogen and oxygen atoms in total. The summed E-state index contributed by atoms with van der Waals surface area (Å²) in [5.41, 5.74) is 3.23. The lowest BCUT2D eigenvalue weighted by atomic mass is 10.2. The van der Waals surface area contributed by atoms with Crippen molar-refractivity contribution >= 4 is 45.8 Å². The monoisotopic (exact) mass is 415 g/mol. The van der Waals surface area contributed by atoms with E-state index in [1.165, 1.54) is 29.1 Å². The van der Waals surface area contributed by atoms with E-state index in [-0.39, 0.29) is 11.8 Å². The van der Waals surface area contributed by atoms with Gasteiger partial charge in [0.25, 0.3) is 11.8 Å². The standard InChI is InChI=1S/C24H21N3O2S/c28-23-21(20-9-6-16-30-20)22(25-17-7-2-1-3-8-17)24(29)27(23)19-12-10-18(11-13-19)26-14-4-5-15-26/h1-3,6-13,16,25H,4-5,14-15H2. The van der Waals surface area contributed by atoms with Gasteiger partial charge in [-0.2, -0.15) is 0 Å². The lowest BCUT2D eigenvalue weighted by Gasteiger charge is -2.20. The Bertz CT molecular complexity index is 1100. The topological polar surface area (TPSA) is 52.7 Å². The third-order valence-electron chi connectivity index (χ3n) is 5.47. The van der Waals surface area contributed by atoms with Crippen LogP contribution in [0.1, 0.15) is 17.7 Å². The van der Waals surface area contributed by atoms with Gasteiger partial charge in [0.05, 0.1) is 11.3 Å². The van der Waals surface area contributed by atoms with Crippen molar-refractivity contribution in [1.29, 1.82) is 0 Å². The quantitative estimate of drug-likeness (QED) is 0.612. The van der Waals surface area contributed by atoms with Crippen LogP contribution in [0.5, 0.6) is 0 Å². The molecule has 1 fully saturated rings. The number of para-hydroxylation sites is 1. The molecule has 0 saturated carbocycles. The van der Waals surface area contributed by atoms with Gasteiger partial charge in [-0.1, -0.05) is 24.3 Å². The lowest BCUT2D eigenvalue weighted by molar-refractivity contribution is -0.120. The Morgan fingerprint density at radius 2 is 1.47 bits per heavy atom. The van der Waals surface area contributed by atoms with E-state index in [2.05, 4.69) is 10.2 Å². The summed E-state index contributed by atoms with van der Waals surface area (Å²) in [6, 6.07) is 20.9. The molecule has 1 aromatic heterocycles. The Morgan fingerprint density at radius 1 is 0.767 bits per heavy atom. The van der Waals surface area contributed by atoms with Crippen LogP contribution in [-0.2, 0) is 9.59 Å². The molecule has 3 aromatic rings. The van der Waals surface area contributed by atoms with Crippen LogP contribution < -0.4 is 15.1 Å². The van der Waals surface area contributed by atoms with E-state index in [0.717, 1.165) is 29.3 Å². The minimum absolute atomic E-state index is 0.296. The van der Waals surface area contributed by atoms with Gasteiger partial charge >= 0.3 is 0 Å². The summed E-state index contributed by atoms with van der Waals surface area (Å²) < 4.78 is 0. The molecule has 0 aliphatic carbocycles. The Labute approximate surface area is 179 Å². The van der Waals surface area contributed by atoms with Crippen molar-refractivity contribution in [2.75, 3.05) is 28.2 Å². The average molecular weight is 416 g/mol. The zero-order valence-corrected chi connectivity index (χ0v) is 17.2. The maximum atomic E-state index is 13.4. The molecule has 1 N–H and O–H groups in total. The van der Waals surface area contributed by atoms with Crippen LogP contribution in [0.2, 0.25) is 0 Å². The molecule has 5 rings (SSSR count). The molecule has 1 saturated heterocycles. The molecule has 0 unspecified atom stereocenters. The number of anilines is 3. The second kappa shape index (κ2) is 7.80. The second-order valence-corrected chi connectivity index (χ2v) is 8.32. The normalized spacial score (nSPS) is 16.7. The number of benzene rings is 2. The van der Waals surface area contributed by atoms with E-state index in [9.17, 15) is 9.59 Å². The highest BCUT2D eigenvalue weighted by atomic mass is 32.1. The number of hydrogen-bond acceptors (Lipinski definition) is 5. The van der Waals surface area contributed by atoms with Crippen LogP contribution in [0, 0.1) is 0 Å². The van der Waals surface area contributed by atoms with Crippen molar-refractivity contribution in [3.05, 3.63) is 82.7 Å². The Morgan fingerprint density at radius 3 is 2.13 bits per heavy atom. The van der Waals surface area contributed by atoms with E-state index < -0.39 is 0 Å². The van der Waals surface area contributed by atoms with Gasteiger partial charge in [-0.05, 0) is 60.7 Å². The fourth-order valence-corrected chi connectivity index (χ4v) is 4.75. The third kappa shape index (κ3) is 3.29. The van der Waals surface area contributed by atoms with Crippen molar-refractivity contribution in [3.8, 4) is 0 Å². The van der Waals surface area contributed by atoms with Crippen molar-refractivity contribution in [3.63, 3.8) is 0 Å². The molecule has 0 radical (unpaired) electrons. The van der Waals surface area contributed by atoms with Gasteiger partial charge in [-0.15, -0.1) is 11.3 Å². The fourth-order valence-electron chi connectivity index (χ4n) is 3.98. The van der Waals surface area contributed by atoms with Crippen molar-refractivity contribution < 1.29 is 9.59 Å². The maximum absolute atomic E-state index is 13.4. The minimum Gasteiger partial charge on any atom is -0.372 e. The first kappa shape index (κ1) is 18.6. The van der Waals surface area contributed by atoms with Crippen LogP contribution in [0.3, 0.4) is 0 Å². The molecular formula is C24H21N3O2S. The molecule has 2 aliphatic heterocycles. The smallest absolute Gasteiger partial charge is 0.282 e. The highest BCUT2D eigenvalue weighted by Crippen LogP contribution is 2.36.